The lowest BCUT2D eigenvalue weighted by Gasteiger charge is -2.41. The Morgan fingerprint density at radius 2 is 1.96 bits per heavy atom. The van der Waals surface area contributed by atoms with Gasteiger partial charge < -0.3 is 20.7 Å². The van der Waals surface area contributed by atoms with Gasteiger partial charge in [-0.25, -0.2) is 0 Å². The summed E-state index contributed by atoms with van der Waals surface area (Å²) in [5.74, 6) is 1.55. The molecule has 3 N–H and O–H groups in total. The van der Waals surface area contributed by atoms with Crippen molar-refractivity contribution in [1.82, 2.24) is 10.2 Å². The molecule has 0 aromatic carbocycles. The van der Waals surface area contributed by atoms with Gasteiger partial charge in [-0.1, -0.05) is 13.8 Å². The van der Waals surface area contributed by atoms with Gasteiger partial charge in [0, 0.05) is 19.0 Å². The number of nitrogens with two attached hydrogens (primary N) is 1. The standard InChI is InChI=1S/C20H35N3O3/c1-13(2)14-5-7-15(8-6-14)26-12-18-16(21)4-3-11-23(18)20(25)17-9-10-19(24)22-17/h13-18H,3-12,21H2,1-2H3,(H,22,24)/t14?,15?,16-,17?,18-/m0/s1. The van der Waals surface area contributed by atoms with Crippen molar-refractivity contribution in [3.8, 4) is 0 Å². The van der Waals surface area contributed by atoms with Crippen LogP contribution in [0.5, 0.6) is 0 Å². The Labute approximate surface area is 157 Å². The maximum absolute atomic E-state index is 12.9. The summed E-state index contributed by atoms with van der Waals surface area (Å²) in [4.78, 5) is 26.2. The van der Waals surface area contributed by atoms with Crippen LogP contribution in [0.3, 0.4) is 0 Å². The normalized spacial score (nSPS) is 35.6. The number of hydrogen-bond acceptors (Lipinski definition) is 4. The van der Waals surface area contributed by atoms with Gasteiger partial charge in [-0.3, -0.25) is 9.59 Å². The van der Waals surface area contributed by atoms with Crippen LogP contribution in [0.4, 0.5) is 0 Å². The fraction of sp³-hybridized carbons (Fsp3) is 0.900. The Morgan fingerprint density at radius 3 is 2.58 bits per heavy atom. The molecular weight excluding hydrogens is 330 g/mol. The molecule has 3 rings (SSSR count). The van der Waals surface area contributed by atoms with Crippen LogP contribution in [-0.4, -0.2) is 54.1 Å². The van der Waals surface area contributed by atoms with E-state index >= 15 is 0 Å². The summed E-state index contributed by atoms with van der Waals surface area (Å²) in [6, 6.07) is -0.495. The van der Waals surface area contributed by atoms with Crippen LogP contribution in [-0.2, 0) is 14.3 Å². The fourth-order valence-corrected chi connectivity index (χ4v) is 4.73. The summed E-state index contributed by atoms with van der Waals surface area (Å²) in [5.41, 5.74) is 6.35. The van der Waals surface area contributed by atoms with Gasteiger partial charge in [-0.2, -0.15) is 0 Å². The Balaban J connectivity index is 1.54. The van der Waals surface area contributed by atoms with Crippen LogP contribution >= 0.6 is 0 Å². The molecule has 3 atom stereocenters. The van der Waals surface area contributed by atoms with Gasteiger partial charge in [-0.15, -0.1) is 0 Å². The van der Waals surface area contributed by atoms with Crippen molar-refractivity contribution in [2.45, 2.75) is 89.4 Å². The number of rotatable bonds is 5. The minimum absolute atomic E-state index is 0.0168. The van der Waals surface area contributed by atoms with E-state index in [0.717, 1.165) is 37.5 Å². The van der Waals surface area contributed by atoms with Gasteiger partial charge in [0.15, 0.2) is 0 Å². The summed E-state index contributed by atoms with van der Waals surface area (Å²) in [6.45, 7) is 5.84. The molecule has 0 aromatic heterocycles. The van der Waals surface area contributed by atoms with Crippen LogP contribution in [0.1, 0.15) is 65.2 Å². The maximum Gasteiger partial charge on any atom is 0.245 e. The van der Waals surface area contributed by atoms with Gasteiger partial charge in [0.05, 0.1) is 18.8 Å². The molecule has 0 spiro atoms. The van der Waals surface area contributed by atoms with Gasteiger partial charge in [0.2, 0.25) is 11.8 Å². The second-order valence-electron chi connectivity index (χ2n) is 8.68. The number of hydrogen-bond donors (Lipinski definition) is 2. The van der Waals surface area contributed by atoms with E-state index in [4.69, 9.17) is 10.5 Å². The van der Waals surface area contributed by atoms with Crippen molar-refractivity contribution >= 4 is 11.8 Å². The SMILES string of the molecule is CC(C)C1CCC(OC[C@H]2[C@@H](N)CCCN2C(=O)C2CCC(=O)N2)CC1. The third-order valence-corrected chi connectivity index (χ3v) is 6.57. The number of carbonyl (C=O) groups is 2. The number of ether oxygens (including phenoxy) is 1. The molecule has 148 valence electrons. The molecule has 3 aliphatic rings. The van der Waals surface area contributed by atoms with Gasteiger partial charge in [-0.05, 0) is 56.8 Å². The largest absolute Gasteiger partial charge is 0.376 e. The number of nitrogens with zero attached hydrogens (tertiary/aromatic N) is 1. The van der Waals surface area contributed by atoms with Gasteiger partial charge in [0.1, 0.15) is 6.04 Å². The zero-order valence-corrected chi connectivity index (χ0v) is 16.3. The van der Waals surface area contributed by atoms with Crippen LogP contribution in [0.25, 0.3) is 0 Å². The van der Waals surface area contributed by atoms with E-state index in [1.807, 2.05) is 4.90 Å². The Bertz CT molecular complexity index is 503. The summed E-state index contributed by atoms with van der Waals surface area (Å²) >= 11 is 0. The number of piperidine rings is 1. The quantitative estimate of drug-likeness (QED) is 0.778. The van der Waals surface area contributed by atoms with Crippen LogP contribution < -0.4 is 11.1 Å². The van der Waals surface area contributed by atoms with Crippen LogP contribution in [0.2, 0.25) is 0 Å². The molecule has 1 unspecified atom stereocenters. The smallest absolute Gasteiger partial charge is 0.245 e. The minimum Gasteiger partial charge on any atom is -0.376 e. The lowest BCUT2D eigenvalue weighted by atomic mass is 9.80. The first-order valence-electron chi connectivity index (χ1n) is 10.4. The van der Waals surface area contributed by atoms with E-state index in [9.17, 15) is 9.59 Å². The number of nitrogens with one attached hydrogen (secondary N) is 1. The number of amides is 2. The van der Waals surface area contributed by atoms with Crippen molar-refractivity contribution in [2.75, 3.05) is 13.2 Å². The molecule has 1 saturated carbocycles. The molecule has 1 aliphatic carbocycles. The average Bonchev–Trinajstić information content (AvgIpc) is 3.06. The topological polar surface area (TPSA) is 84.7 Å². The fourth-order valence-electron chi connectivity index (χ4n) is 4.73. The van der Waals surface area contributed by atoms with Gasteiger partial charge >= 0.3 is 0 Å². The maximum atomic E-state index is 12.9. The third kappa shape index (κ3) is 4.58. The molecule has 2 heterocycles. The highest BCUT2D eigenvalue weighted by atomic mass is 16.5. The highest BCUT2D eigenvalue weighted by Crippen LogP contribution is 2.31. The first-order chi connectivity index (χ1) is 12.5. The van der Waals surface area contributed by atoms with Crippen molar-refractivity contribution in [2.24, 2.45) is 17.6 Å². The van der Waals surface area contributed by atoms with E-state index in [2.05, 4.69) is 19.2 Å². The second-order valence-corrected chi connectivity index (χ2v) is 8.68. The van der Waals surface area contributed by atoms with E-state index < -0.39 is 0 Å². The van der Waals surface area contributed by atoms with E-state index in [-0.39, 0.29) is 29.9 Å². The van der Waals surface area contributed by atoms with Crippen molar-refractivity contribution in [3.05, 3.63) is 0 Å². The number of carbonyl (C=O) groups excluding carboxylic acids is 2. The van der Waals surface area contributed by atoms with E-state index in [0.29, 0.717) is 32.1 Å². The minimum atomic E-state index is -0.378. The van der Waals surface area contributed by atoms with Crippen molar-refractivity contribution < 1.29 is 14.3 Å². The molecule has 2 amide bonds. The first-order valence-corrected chi connectivity index (χ1v) is 10.4. The monoisotopic (exact) mass is 365 g/mol. The Morgan fingerprint density at radius 1 is 1.23 bits per heavy atom. The summed E-state index contributed by atoms with van der Waals surface area (Å²) in [6.07, 6.45) is 7.85. The molecular formula is C20H35N3O3. The predicted molar refractivity (Wildman–Crippen MR) is 100 cm³/mol. The average molecular weight is 366 g/mol. The van der Waals surface area contributed by atoms with Crippen molar-refractivity contribution in [1.29, 1.82) is 0 Å². The highest BCUT2D eigenvalue weighted by Gasteiger charge is 2.38. The lowest BCUT2D eigenvalue weighted by Crippen LogP contribution is -2.59. The van der Waals surface area contributed by atoms with E-state index in [1.165, 1.54) is 12.8 Å². The molecule has 2 aliphatic heterocycles. The lowest BCUT2D eigenvalue weighted by molar-refractivity contribution is -0.141. The molecule has 26 heavy (non-hydrogen) atoms. The Hall–Kier alpha value is -1.14. The van der Waals surface area contributed by atoms with Crippen molar-refractivity contribution in [3.63, 3.8) is 0 Å². The van der Waals surface area contributed by atoms with Crippen LogP contribution in [0.15, 0.2) is 0 Å². The zero-order chi connectivity index (χ0) is 18.7. The molecule has 3 fully saturated rings. The predicted octanol–water partition coefficient (Wildman–Crippen LogP) is 1.81. The molecule has 0 aromatic rings. The van der Waals surface area contributed by atoms with Gasteiger partial charge in [0.25, 0.3) is 0 Å². The Kier molecular flexibility index (Phi) is 6.56. The second kappa shape index (κ2) is 8.70. The summed E-state index contributed by atoms with van der Waals surface area (Å²) in [5, 5.41) is 2.80. The zero-order valence-electron chi connectivity index (χ0n) is 16.3. The van der Waals surface area contributed by atoms with E-state index in [1.54, 1.807) is 0 Å². The molecule has 6 nitrogen and oxygen atoms in total. The molecule has 0 bridgehead atoms. The molecule has 6 heteroatoms. The molecule has 0 radical (unpaired) electrons. The first kappa shape index (κ1) is 19.6. The highest BCUT2D eigenvalue weighted by molar-refractivity contribution is 5.91. The van der Waals surface area contributed by atoms with Crippen LogP contribution in [0, 0.1) is 11.8 Å². The third-order valence-electron chi connectivity index (χ3n) is 6.57. The summed E-state index contributed by atoms with van der Waals surface area (Å²) in [7, 11) is 0. The summed E-state index contributed by atoms with van der Waals surface area (Å²) < 4.78 is 6.22. The molecule has 2 saturated heterocycles. The number of likely N-dealkylation sites (tertiary alicyclic amines) is 1.